The minimum atomic E-state index is -0.0862. The van der Waals surface area contributed by atoms with E-state index in [1.165, 1.54) is 7.11 Å². The lowest BCUT2D eigenvalue weighted by Gasteiger charge is -2.14. The molecule has 4 nitrogen and oxygen atoms in total. The Morgan fingerprint density at radius 1 is 1.50 bits per heavy atom. The third-order valence-electron chi connectivity index (χ3n) is 2.86. The zero-order valence-electron chi connectivity index (χ0n) is 11.3. The number of carbonyl (C=O) groups is 1. The van der Waals surface area contributed by atoms with Crippen LogP contribution in [0.5, 0.6) is 5.75 Å². The second kappa shape index (κ2) is 6.89. The molecule has 0 heterocycles. The molecule has 0 bridgehead atoms. The summed E-state index contributed by atoms with van der Waals surface area (Å²) < 4.78 is 5.10. The van der Waals surface area contributed by atoms with Gasteiger partial charge in [-0.1, -0.05) is 19.8 Å². The topological polar surface area (TPSA) is 64.4 Å². The molecule has 1 aromatic rings. The standard InChI is InChI=1S/C14H22N2O2/c1-4-5-6-10(2)16-14(17)11-7-8-12(15)13(9-11)18-3/h7-10H,4-6,15H2,1-3H3,(H,16,17). The number of methoxy groups -OCH3 is 1. The highest BCUT2D eigenvalue weighted by Gasteiger charge is 2.11. The van der Waals surface area contributed by atoms with Crippen molar-refractivity contribution in [3.8, 4) is 5.75 Å². The van der Waals surface area contributed by atoms with Crippen molar-refractivity contribution in [1.29, 1.82) is 0 Å². The summed E-state index contributed by atoms with van der Waals surface area (Å²) in [7, 11) is 1.54. The number of amides is 1. The summed E-state index contributed by atoms with van der Waals surface area (Å²) in [5.41, 5.74) is 6.82. The second-order valence-corrected chi connectivity index (χ2v) is 4.47. The maximum Gasteiger partial charge on any atom is 0.251 e. The van der Waals surface area contributed by atoms with Gasteiger partial charge in [-0.15, -0.1) is 0 Å². The summed E-state index contributed by atoms with van der Waals surface area (Å²) in [6.07, 6.45) is 3.25. The molecule has 1 unspecified atom stereocenters. The van der Waals surface area contributed by atoms with E-state index in [-0.39, 0.29) is 11.9 Å². The van der Waals surface area contributed by atoms with Crippen LogP contribution in [0.2, 0.25) is 0 Å². The Kier molecular flexibility index (Phi) is 5.49. The van der Waals surface area contributed by atoms with Crippen LogP contribution in [0.1, 0.15) is 43.5 Å². The zero-order valence-corrected chi connectivity index (χ0v) is 11.3. The van der Waals surface area contributed by atoms with E-state index < -0.39 is 0 Å². The molecule has 4 heteroatoms. The summed E-state index contributed by atoms with van der Waals surface area (Å²) in [5, 5.41) is 2.97. The number of unbranched alkanes of at least 4 members (excludes halogenated alkanes) is 1. The van der Waals surface area contributed by atoms with Crippen molar-refractivity contribution in [1.82, 2.24) is 5.32 Å². The lowest BCUT2D eigenvalue weighted by Crippen LogP contribution is -2.32. The number of carbonyl (C=O) groups excluding carboxylic acids is 1. The molecule has 0 aliphatic heterocycles. The first kappa shape index (κ1) is 14.4. The molecule has 1 amide bonds. The van der Waals surface area contributed by atoms with Gasteiger partial charge >= 0.3 is 0 Å². The van der Waals surface area contributed by atoms with Crippen LogP contribution < -0.4 is 15.8 Å². The summed E-state index contributed by atoms with van der Waals surface area (Å²) in [4.78, 5) is 12.0. The minimum Gasteiger partial charge on any atom is -0.495 e. The van der Waals surface area contributed by atoms with Gasteiger partial charge in [0, 0.05) is 11.6 Å². The fourth-order valence-corrected chi connectivity index (χ4v) is 1.74. The number of rotatable bonds is 6. The molecule has 1 atom stereocenters. The predicted octanol–water partition coefficient (Wildman–Crippen LogP) is 2.59. The Hall–Kier alpha value is -1.71. The van der Waals surface area contributed by atoms with Crippen LogP contribution in [0.25, 0.3) is 0 Å². The molecule has 3 N–H and O–H groups in total. The highest BCUT2D eigenvalue weighted by molar-refractivity contribution is 5.95. The molecule has 18 heavy (non-hydrogen) atoms. The van der Waals surface area contributed by atoms with E-state index in [0.717, 1.165) is 19.3 Å². The maximum atomic E-state index is 12.0. The monoisotopic (exact) mass is 250 g/mol. The molecule has 1 aromatic carbocycles. The molecule has 0 aliphatic rings. The number of anilines is 1. The van der Waals surface area contributed by atoms with Crippen molar-refractivity contribution in [2.75, 3.05) is 12.8 Å². The number of nitrogens with two attached hydrogens (primary N) is 1. The molecule has 0 fully saturated rings. The normalized spacial score (nSPS) is 11.9. The first-order valence-corrected chi connectivity index (χ1v) is 6.32. The molecule has 0 aromatic heterocycles. The van der Waals surface area contributed by atoms with Gasteiger partial charge in [0.2, 0.25) is 0 Å². The van der Waals surface area contributed by atoms with Gasteiger partial charge in [-0.25, -0.2) is 0 Å². The third kappa shape index (κ3) is 3.95. The molecule has 0 saturated carbocycles. The maximum absolute atomic E-state index is 12.0. The van der Waals surface area contributed by atoms with Gasteiger partial charge in [-0.2, -0.15) is 0 Å². The van der Waals surface area contributed by atoms with Crippen LogP contribution in [0.15, 0.2) is 18.2 Å². The van der Waals surface area contributed by atoms with Crippen molar-refractivity contribution in [3.63, 3.8) is 0 Å². The van der Waals surface area contributed by atoms with Crippen molar-refractivity contribution in [2.24, 2.45) is 0 Å². The summed E-state index contributed by atoms with van der Waals surface area (Å²) in [6, 6.07) is 5.24. The average molecular weight is 250 g/mol. The van der Waals surface area contributed by atoms with Crippen molar-refractivity contribution >= 4 is 11.6 Å². The Balaban J connectivity index is 2.66. The fourth-order valence-electron chi connectivity index (χ4n) is 1.74. The van der Waals surface area contributed by atoms with E-state index in [4.69, 9.17) is 10.5 Å². The van der Waals surface area contributed by atoms with Gasteiger partial charge in [0.05, 0.1) is 12.8 Å². The lowest BCUT2D eigenvalue weighted by atomic mass is 10.1. The van der Waals surface area contributed by atoms with Gasteiger partial charge < -0.3 is 15.8 Å². The Bertz CT molecular complexity index is 405. The average Bonchev–Trinajstić information content (AvgIpc) is 2.36. The van der Waals surface area contributed by atoms with E-state index in [0.29, 0.717) is 17.0 Å². The molecular formula is C14H22N2O2. The van der Waals surface area contributed by atoms with Crippen molar-refractivity contribution in [3.05, 3.63) is 23.8 Å². The SMILES string of the molecule is CCCCC(C)NC(=O)c1ccc(N)c(OC)c1. The van der Waals surface area contributed by atoms with Crippen LogP contribution in [-0.4, -0.2) is 19.1 Å². The molecule has 0 radical (unpaired) electrons. The van der Waals surface area contributed by atoms with Gasteiger partial charge in [0.1, 0.15) is 5.75 Å². The van der Waals surface area contributed by atoms with Crippen LogP contribution in [0, 0.1) is 0 Å². The second-order valence-electron chi connectivity index (χ2n) is 4.47. The fraction of sp³-hybridized carbons (Fsp3) is 0.500. The van der Waals surface area contributed by atoms with E-state index in [2.05, 4.69) is 12.2 Å². The molecule has 0 saturated heterocycles. The van der Waals surface area contributed by atoms with E-state index >= 15 is 0 Å². The van der Waals surface area contributed by atoms with Gasteiger partial charge in [-0.3, -0.25) is 4.79 Å². The van der Waals surface area contributed by atoms with Crippen molar-refractivity contribution < 1.29 is 9.53 Å². The van der Waals surface area contributed by atoms with E-state index in [9.17, 15) is 4.79 Å². The lowest BCUT2D eigenvalue weighted by molar-refractivity contribution is 0.0937. The van der Waals surface area contributed by atoms with Gasteiger partial charge in [0.25, 0.3) is 5.91 Å². The number of nitrogen functional groups attached to an aromatic ring is 1. The Morgan fingerprint density at radius 3 is 2.83 bits per heavy atom. The highest BCUT2D eigenvalue weighted by Crippen LogP contribution is 2.22. The third-order valence-corrected chi connectivity index (χ3v) is 2.86. The highest BCUT2D eigenvalue weighted by atomic mass is 16.5. The molecular weight excluding hydrogens is 228 g/mol. The first-order valence-electron chi connectivity index (χ1n) is 6.32. The number of nitrogens with one attached hydrogen (secondary N) is 1. The first-order chi connectivity index (χ1) is 8.58. The summed E-state index contributed by atoms with van der Waals surface area (Å²) >= 11 is 0. The Morgan fingerprint density at radius 2 is 2.22 bits per heavy atom. The van der Waals surface area contributed by atoms with Crippen LogP contribution >= 0.6 is 0 Å². The zero-order chi connectivity index (χ0) is 13.5. The van der Waals surface area contributed by atoms with Crippen molar-refractivity contribution in [2.45, 2.75) is 39.2 Å². The molecule has 0 spiro atoms. The quantitative estimate of drug-likeness (QED) is 0.763. The number of benzene rings is 1. The summed E-state index contributed by atoms with van der Waals surface area (Å²) in [5.74, 6) is 0.445. The molecule has 1 rings (SSSR count). The van der Waals surface area contributed by atoms with E-state index in [1.54, 1.807) is 18.2 Å². The number of hydrogen-bond donors (Lipinski definition) is 2. The predicted molar refractivity (Wildman–Crippen MR) is 73.9 cm³/mol. The number of ether oxygens (including phenoxy) is 1. The van der Waals surface area contributed by atoms with Gasteiger partial charge in [0.15, 0.2) is 0 Å². The molecule has 0 aliphatic carbocycles. The number of hydrogen-bond acceptors (Lipinski definition) is 3. The Labute approximate surface area is 109 Å². The smallest absolute Gasteiger partial charge is 0.251 e. The largest absolute Gasteiger partial charge is 0.495 e. The van der Waals surface area contributed by atoms with Crippen LogP contribution in [-0.2, 0) is 0 Å². The van der Waals surface area contributed by atoms with Gasteiger partial charge in [-0.05, 0) is 31.5 Å². The summed E-state index contributed by atoms with van der Waals surface area (Å²) in [6.45, 7) is 4.15. The minimum absolute atomic E-state index is 0.0862. The molecule has 100 valence electrons. The van der Waals surface area contributed by atoms with Crippen LogP contribution in [0.3, 0.4) is 0 Å². The van der Waals surface area contributed by atoms with Crippen LogP contribution in [0.4, 0.5) is 5.69 Å². The van der Waals surface area contributed by atoms with E-state index in [1.807, 2.05) is 6.92 Å².